The van der Waals surface area contributed by atoms with E-state index in [0.717, 1.165) is 0 Å². The van der Waals surface area contributed by atoms with E-state index in [2.05, 4.69) is 5.32 Å². The molecule has 4 rings (SSSR count). The van der Waals surface area contributed by atoms with Gasteiger partial charge >= 0.3 is 0 Å². The highest BCUT2D eigenvalue weighted by Gasteiger charge is 2.26. The van der Waals surface area contributed by atoms with Crippen molar-refractivity contribution in [2.75, 3.05) is 49.6 Å². The number of amides is 1. The summed E-state index contributed by atoms with van der Waals surface area (Å²) in [5.41, 5.74) is 1.33. The maximum atomic E-state index is 13.4. The fraction of sp³-hybridized carbons (Fsp3) is 0.250. The van der Waals surface area contributed by atoms with Crippen LogP contribution in [0.5, 0.6) is 5.75 Å². The SMILES string of the molecule is CCN(c1ccccc1)S(=O)(=O)c1ccc(OC)c(NC(=O)/C=C/c2ccc(S(=O)(=O)N3CCOCC3)cc2)c1. The molecule has 0 aliphatic carbocycles. The molecule has 3 aromatic rings. The van der Waals surface area contributed by atoms with E-state index in [0.29, 0.717) is 43.3 Å². The molecule has 1 amide bonds. The molecule has 1 N–H and O–H groups in total. The molecule has 0 spiro atoms. The number of ether oxygens (including phenoxy) is 2. The van der Waals surface area contributed by atoms with Crippen LogP contribution in [0.25, 0.3) is 6.08 Å². The number of hydrogen-bond donors (Lipinski definition) is 1. The lowest BCUT2D eigenvalue weighted by Gasteiger charge is -2.26. The Morgan fingerprint density at radius 2 is 1.62 bits per heavy atom. The topological polar surface area (TPSA) is 122 Å². The summed E-state index contributed by atoms with van der Waals surface area (Å²) in [5.74, 6) is -0.227. The maximum absolute atomic E-state index is 13.4. The number of nitrogens with zero attached hydrogens (tertiary/aromatic N) is 2. The Hall–Kier alpha value is -3.71. The minimum atomic E-state index is -3.92. The number of carbonyl (C=O) groups is 1. The second-order valence-electron chi connectivity index (χ2n) is 8.78. The summed E-state index contributed by atoms with van der Waals surface area (Å²) in [6.07, 6.45) is 2.80. The fourth-order valence-corrected chi connectivity index (χ4v) is 7.10. The van der Waals surface area contributed by atoms with Crippen molar-refractivity contribution >= 4 is 43.4 Å². The molecule has 0 bridgehead atoms. The maximum Gasteiger partial charge on any atom is 0.264 e. The molecule has 1 fully saturated rings. The zero-order chi connectivity index (χ0) is 28.8. The Balaban J connectivity index is 1.50. The Kier molecular flexibility index (Phi) is 9.25. The van der Waals surface area contributed by atoms with Crippen LogP contribution in [0.3, 0.4) is 0 Å². The highest BCUT2D eigenvalue weighted by molar-refractivity contribution is 7.92. The molecule has 10 nitrogen and oxygen atoms in total. The summed E-state index contributed by atoms with van der Waals surface area (Å²) in [4.78, 5) is 12.9. The van der Waals surface area contributed by atoms with Crippen LogP contribution in [0, 0.1) is 0 Å². The van der Waals surface area contributed by atoms with Crippen LogP contribution >= 0.6 is 0 Å². The number of anilines is 2. The third kappa shape index (κ3) is 6.53. The van der Waals surface area contributed by atoms with Crippen LogP contribution in [-0.2, 0) is 29.6 Å². The lowest BCUT2D eigenvalue weighted by atomic mass is 10.2. The molecule has 1 aliphatic rings. The normalized spacial score (nSPS) is 14.7. The van der Waals surface area contributed by atoms with Gasteiger partial charge in [-0.25, -0.2) is 16.8 Å². The van der Waals surface area contributed by atoms with E-state index in [1.165, 1.54) is 58.2 Å². The summed E-state index contributed by atoms with van der Waals surface area (Å²) >= 11 is 0. The second-order valence-corrected chi connectivity index (χ2v) is 12.6. The van der Waals surface area contributed by atoms with Gasteiger partial charge in [0.15, 0.2) is 0 Å². The number of para-hydroxylation sites is 1. The lowest BCUT2D eigenvalue weighted by Crippen LogP contribution is -2.40. The molecule has 0 unspecified atom stereocenters. The molecule has 1 aliphatic heterocycles. The van der Waals surface area contributed by atoms with Crippen molar-refractivity contribution in [1.29, 1.82) is 0 Å². The number of hydrogen-bond acceptors (Lipinski definition) is 7. The predicted molar refractivity (Wildman–Crippen MR) is 153 cm³/mol. The quantitative estimate of drug-likeness (QED) is 0.361. The van der Waals surface area contributed by atoms with Gasteiger partial charge in [-0.3, -0.25) is 9.10 Å². The zero-order valence-corrected chi connectivity index (χ0v) is 23.8. The summed E-state index contributed by atoms with van der Waals surface area (Å²) < 4.78 is 65.7. The van der Waals surface area contributed by atoms with Gasteiger partial charge in [0, 0.05) is 25.7 Å². The monoisotopic (exact) mass is 585 g/mol. The molecule has 212 valence electrons. The van der Waals surface area contributed by atoms with Gasteiger partial charge in [0.2, 0.25) is 15.9 Å². The van der Waals surface area contributed by atoms with Crippen molar-refractivity contribution in [2.45, 2.75) is 16.7 Å². The van der Waals surface area contributed by atoms with Gasteiger partial charge in [0.1, 0.15) is 5.75 Å². The molecular weight excluding hydrogens is 554 g/mol. The van der Waals surface area contributed by atoms with Crippen molar-refractivity contribution in [1.82, 2.24) is 4.31 Å². The Bertz CT molecular complexity index is 1570. The van der Waals surface area contributed by atoms with Crippen LogP contribution in [0.15, 0.2) is 88.7 Å². The van der Waals surface area contributed by atoms with Crippen LogP contribution in [0.2, 0.25) is 0 Å². The van der Waals surface area contributed by atoms with Gasteiger partial charge in [-0.2, -0.15) is 4.31 Å². The van der Waals surface area contributed by atoms with E-state index < -0.39 is 26.0 Å². The average Bonchev–Trinajstić information content (AvgIpc) is 2.97. The largest absolute Gasteiger partial charge is 0.495 e. The molecule has 0 radical (unpaired) electrons. The van der Waals surface area contributed by atoms with E-state index in [1.807, 2.05) is 0 Å². The van der Waals surface area contributed by atoms with E-state index in [-0.39, 0.29) is 22.0 Å². The molecule has 40 heavy (non-hydrogen) atoms. The van der Waals surface area contributed by atoms with Gasteiger partial charge in [-0.1, -0.05) is 30.3 Å². The van der Waals surface area contributed by atoms with Crippen LogP contribution in [-0.4, -0.2) is 67.0 Å². The molecule has 0 atom stereocenters. The van der Waals surface area contributed by atoms with Crippen molar-refractivity contribution in [3.05, 3.63) is 84.4 Å². The minimum absolute atomic E-state index is 0.00431. The first-order valence-corrected chi connectivity index (χ1v) is 15.5. The number of carbonyl (C=O) groups excluding carboxylic acids is 1. The Labute approximate surface area is 234 Å². The van der Waals surface area contributed by atoms with E-state index >= 15 is 0 Å². The number of morpholine rings is 1. The van der Waals surface area contributed by atoms with Gasteiger partial charge in [-0.15, -0.1) is 0 Å². The first-order chi connectivity index (χ1) is 19.2. The van der Waals surface area contributed by atoms with Gasteiger partial charge in [0.25, 0.3) is 10.0 Å². The first kappa shape index (κ1) is 29.3. The molecule has 1 heterocycles. The van der Waals surface area contributed by atoms with Gasteiger partial charge in [-0.05, 0) is 61.0 Å². The molecule has 0 saturated carbocycles. The van der Waals surface area contributed by atoms with E-state index in [4.69, 9.17) is 9.47 Å². The third-order valence-electron chi connectivity index (χ3n) is 6.26. The van der Waals surface area contributed by atoms with Crippen molar-refractivity contribution in [2.24, 2.45) is 0 Å². The summed E-state index contributed by atoms with van der Waals surface area (Å²) in [6.45, 7) is 3.29. The molecule has 12 heteroatoms. The number of rotatable bonds is 10. The minimum Gasteiger partial charge on any atom is -0.495 e. The van der Waals surface area contributed by atoms with Gasteiger partial charge < -0.3 is 14.8 Å². The van der Waals surface area contributed by atoms with Crippen LogP contribution < -0.4 is 14.4 Å². The van der Waals surface area contributed by atoms with E-state index in [9.17, 15) is 21.6 Å². The zero-order valence-electron chi connectivity index (χ0n) is 22.2. The van der Waals surface area contributed by atoms with E-state index in [1.54, 1.807) is 49.4 Å². The van der Waals surface area contributed by atoms with Crippen molar-refractivity contribution in [3.8, 4) is 5.75 Å². The van der Waals surface area contributed by atoms with Crippen molar-refractivity contribution in [3.63, 3.8) is 0 Å². The Morgan fingerprint density at radius 3 is 2.25 bits per heavy atom. The summed E-state index contributed by atoms with van der Waals surface area (Å²) in [5, 5.41) is 2.67. The average molecular weight is 586 g/mol. The number of benzene rings is 3. The molecule has 3 aromatic carbocycles. The Morgan fingerprint density at radius 1 is 0.975 bits per heavy atom. The molecule has 1 saturated heterocycles. The smallest absolute Gasteiger partial charge is 0.264 e. The lowest BCUT2D eigenvalue weighted by molar-refractivity contribution is -0.111. The third-order valence-corrected chi connectivity index (χ3v) is 10.1. The highest BCUT2D eigenvalue weighted by atomic mass is 32.2. The summed E-state index contributed by atoms with van der Waals surface area (Å²) in [6, 6.07) is 19.2. The number of nitrogens with one attached hydrogen (secondary N) is 1. The standard InChI is InChI=1S/C28H31N3O7S2/c1-3-31(23-7-5-4-6-8-23)40(35,36)25-14-15-27(37-2)26(21-25)29-28(32)16-11-22-9-12-24(13-10-22)39(33,34)30-17-19-38-20-18-30/h4-16,21H,3,17-20H2,1-2H3,(H,29,32)/b16-11+. The van der Waals surface area contributed by atoms with Crippen LogP contribution in [0.4, 0.5) is 11.4 Å². The van der Waals surface area contributed by atoms with Crippen molar-refractivity contribution < 1.29 is 31.1 Å². The molecular formula is C28H31N3O7S2. The van der Waals surface area contributed by atoms with Gasteiger partial charge in [0.05, 0.1) is 41.5 Å². The number of sulfonamides is 2. The number of methoxy groups -OCH3 is 1. The molecule has 0 aromatic heterocycles. The summed E-state index contributed by atoms with van der Waals surface area (Å²) in [7, 11) is -6.11. The fourth-order valence-electron chi connectivity index (χ4n) is 4.19. The van der Waals surface area contributed by atoms with Crippen LogP contribution in [0.1, 0.15) is 12.5 Å². The second kappa shape index (κ2) is 12.6. The highest BCUT2D eigenvalue weighted by Crippen LogP contribution is 2.31. The predicted octanol–water partition coefficient (Wildman–Crippen LogP) is 3.58. The first-order valence-electron chi connectivity index (χ1n) is 12.6.